The number of rotatable bonds is 35. The molecule has 0 fully saturated rings. The molecule has 0 saturated carbocycles. The number of unbranched alkanes of at least 4 members (excludes halogenated alkanes) is 26. The lowest BCUT2D eigenvalue weighted by Crippen LogP contribution is -2.30. The topological polar surface area (TPSA) is 78.9 Å². The highest BCUT2D eigenvalue weighted by molar-refractivity contribution is 5.70. The van der Waals surface area contributed by atoms with E-state index in [9.17, 15) is 14.4 Å². The molecule has 0 rings (SSSR count). The summed E-state index contributed by atoms with van der Waals surface area (Å²) in [5.74, 6) is -1.06. The summed E-state index contributed by atoms with van der Waals surface area (Å²) < 4.78 is 15.9. The van der Waals surface area contributed by atoms with Crippen LogP contribution in [0.2, 0.25) is 0 Å². The number of hydrogen-bond donors (Lipinski definition) is 0. The summed E-state index contributed by atoms with van der Waals surface area (Å²) in [5, 5.41) is 0. The van der Waals surface area contributed by atoms with Crippen LogP contribution in [-0.4, -0.2) is 37.2 Å². The molecule has 0 aliphatic carbocycles. The van der Waals surface area contributed by atoms with Crippen LogP contribution in [0.4, 0.5) is 0 Å². The molecule has 0 bridgehead atoms. The second-order valence-electron chi connectivity index (χ2n) is 13.3. The third-order valence-electron chi connectivity index (χ3n) is 8.67. The Morgan fingerprint density at radius 2 is 0.689 bits per heavy atom. The Bertz CT molecular complexity index is 664. The Labute approximate surface area is 278 Å². The van der Waals surface area contributed by atoms with Gasteiger partial charge in [-0.05, 0) is 12.8 Å². The number of carbonyl (C=O) groups is 3. The fraction of sp³-hybridized carbons (Fsp3) is 0.923. The van der Waals surface area contributed by atoms with Crippen LogP contribution in [0.3, 0.4) is 0 Å². The molecule has 0 aliphatic heterocycles. The molecule has 6 nitrogen and oxygen atoms in total. The molecule has 6 heteroatoms. The largest absolute Gasteiger partial charge is 0.462 e. The lowest BCUT2D eigenvalue weighted by molar-refractivity contribution is -0.166. The zero-order valence-electron chi connectivity index (χ0n) is 30.2. The lowest BCUT2D eigenvalue weighted by atomic mass is 10.0. The fourth-order valence-corrected chi connectivity index (χ4v) is 5.76. The van der Waals surface area contributed by atoms with Crippen molar-refractivity contribution in [2.75, 3.05) is 13.2 Å². The molecule has 0 aromatic rings. The summed E-state index contributed by atoms with van der Waals surface area (Å²) >= 11 is 0. The molecule has 0 aromatic carbocycles. The fourth-order valence-electron chi connectivity index (χ4n) is 5.76. The Morgan fingerprint density at radius 3 is 1.02 bits per heavy atom. The van der Waals surface area contributed by atoms with E-state index < -0.39 is 12.1 Å². The second-order valence-corrected chi connectivity index (χ2v) is 13.3. The van der Waals surface area contributed by atoms with E-state index >= 15 is 0 Å². The Kier molecular flexibility index (Phi) is 34.0. The van der Waals surface area contributed by atoms with Gasteiger partial charge in [0.05, 0.1) is 0 Å². The van der Waals surface area contributed by atoms with Crippen LogP contribution in [0.15, 0.2) is 0 Å². The first-order valence-electron chi connectivity index (χ1n) is 19.5. The zero-order chi connectivity index (χ0) is 33.1. The highest BCUT2D eigenvalue weighted by Gasteiger charge is 2.18. The lowest BCUT2D eigenvalue weighted by Gasteiger charge is -2.18. The molecule has 0 spiro atoms. The Morgan fingerprint density at radius 1 is 0.400 bits per heavy atom. The first kappa shape index (κ1) is 43.4. The van der Waals surface area contributed by atoms with Crippen LogP contribution in [-0.2, 0) is 28.6 Å². The van der Waals surface area contributed by atoms with Crippen LogP contribution < -0.4 is 0 Å². The van der Waals surface area contributed by atoms with Crippen molar-refractivity contribution in [1.82, 2.24) is 0 Å². The number of carbonyl (C=O) groups excluding carboxylic acids is 3. The molecule has 0 heterocycles. The number of esters is 3. The van der Waals surface area contributed by atoms with E-state index in [2.05, 4.69) is 13.8 Å². The maximum absolute atomic E-state index is 12.4. The normalized spacial score (nSPS) is 11.8. The molecule has 0 aromatic heterocycles. The predicted molar refractivity (Wildman–Crippen MR) is 187 cm³/mol. The summed E-state index contributed by atoms with van der Waals surface area (Å²) in [5.41, 5.74) is 0. The van der Waals surface area contributed by atoms with Gasteiger partial charge in [0.2, 0.25) is 0 Å². The molecule has 0 amide bonds. The summed E-state index contributed by atoms with van der Waals surface area (Å²) in [6.45, 7) is 5.67. The molecule has 1 atom stereocenters. The smallest absolute Gasteiger partial charge is 0.306 e. The number of hydrogen-bond acceptors (Lipinski definition) is 6. The van der Waals surface area contributed by atoms with Gasteiger partial charge < -0.3 is 14.2 Å². The quantitative estimate of drug-likeness (QED) is 0.0390. The molecule has 266 valence electrons. The van der Waals surface area contributed by atoms with E-state index in [0.717, 1.165) is 38.5 Å². The van der Waals surface area contributed by atoms with Gasteiger partial charge in [-0.25, -0.2) is 0 Å². The van der Waals surface area contributed by atoms with E-state index in [1.54, 1.807) is 0 Å². The van der Waals surface area contributed by atoms with Crippen molar-refractivity contribution in [1.29, 1.82) is 0 Å². The molecule has 0 N–H and O–H groups in total. The molecule has 0 saturated heterocycles. The minimum Gasteiger partial charge on any atom is -0.462 e. The average molecular weight is 639 g/mol. The summed E-state index contributed by atoms with van der Waals surface area (Å²) in [7, 11) is 0. The van der Waals surface area contributed by atoms with Crippen molar-refractivity contribution in [3.63, 3.8) is 0 Å². The Balaban J connectivity index is 3.80. The van der Waals surface area contributed by atoms with Gasteiger partial charge in [-0.3, -0.25) is 14.4 Å². The predicted octanol–water partition coefficient (Wildman–Crippen LogP) is 11.7. The van der Waals surface area contributed by atoms with Crippen molar-refractivity contribution < 1.29 is 28.6 Å². The van der Waals surface area contributed by atoms with Gasteiger partial charge >= 0.3 is 17.9 Å². The minimum atomic E-state index is -0.756. The van der Waals surface area contributed by atoms with Crippen LogP contribution in [0.5, 0.6) is 0 Å². The monoisotopic (exact) mass is 639 g/mol. The zero-order valence-corrected chi connectivity index (χ0v) is 30.2. The Hall–Kier alpha value is -1.59. The first-order valence-corrected chi connectivity index (χ1v) is 19.5. The molecule has 0 unspecified atom stereocenters. The van der Waals surface area contributed by atoms with E-state index in [4.69, 9.17) is 14.2 Å². The standard InChI is InChI=1S/C39H74O6/c1-4-6-8-10-12-14-16-18-19-21-22-24-26-28-30-32-38(41)44-35-37(34-43-36(3)40)45-39(42)33-31-29-27-25-23-20-17-15-13-11-9-7-5-2/h37H,4-35H2,1-3H3/t37-/m1/s1. The maximum atomic E-state index is 12.4. The van der Waals surface area contributed by atoms with Crippen LogP contribution >= 0.6 is 0 Å². The molecular weight excluding hydrogens is 564 g/mol. The minimum absolute atomic E-state index is 0.0742. The van der Waals surface area contributed by atoms with Gasteiger partial charge in [0, 0.05) is 19.8 Å². The molecule has 45 heavy (non-hydrogen) atoms. The van der Waals surface area contributed by atoms with Crippen LogP contribution in [0.1, 0.15) is 213 Å². The van der Waals surface area contributed by atoms with E-state index in [-0.39, 0.29) is 25.2 Å². The third-order valence-corrected chi connectivity index (χ3v) is 8.67. The maximum Gasteiger partial charge on any atom is 0.306 e. The summed E-state index contributed by atoms with van der Waals surface area (Å²) in [4.78, 5) is 35.9. The third kappa shape index (κ3) is 35.1. The second kappa shape index (κ2) is 35.3. The van der Waals surface area contributed by atoms with Crippen molar-refractivity contribution in [3.05, 3.63) is 0 Å². The van der Waals surface area contributed by atoms with E-state index in [0.29, 0.717) is 12.8 Å². The highest BCUT2D eigenvalue weighted by atomic mass is 16.6. The first-order chi connectivity index (χ1) is 22.0. The molecular formula is C39H74O6. The molecule has 0 radical (unpaired) electrons. The summed E-state index contributed by atoms with van der Waals surface area (Å²) in [6.07, 6.45) is 35.4. The molecule has 0 aliphatic rings. The summed E-state index contributed by atoms with van der Waals surface area (Å²) in [6, 6.07) is 0. The SMILES string of the molecule is CCCCCCCCCCCCCCCCCC(=O)OC[C@@H](COC(C)=O)OC(=O)CCCCCCCCCCCCCCC. The van der Waals surface area contributed by atoms with Gasteiger partial charge in [-0.2, -0.15) is 0 Å². The van der Waals surface area contributed by atoms with Crippen molar-refractivity contribution >= 4 is 17.9 Å². The van der Waals surface area contributed by atoms with E-state index in [1.165, 1.54) is 148 Å². The van der Waals surface area contributed by atoms with Crippen LogP contribution in [0, 0.1) is 0 Å². The number of ether oxygens (including phenoxy) is 3. The van der Waals surface area contributed by atoms with E-state index in [1.807, 2.05) is 0 Å². The van der Waals surface area contributed by atoms with Gasteiger partial charge in [0.25, 0.3) is 0 Å². The van der Waals surface area contributed by atoms with Crippen molar-refractivity contribution in [2.24, 2.45) is 0 Å². The van der Waals surface area contributed by atoms with Crippen LogP contribution in [0.25, 0.3) is 0 Å². The average Bonchev–Trinajstić information content (AvgIpc) is 3.02. The van der Waals surface area contributed by atoms with Gasteiger partial charge in [0.1, 0.15) is 13.2 Å². The highest BCUT2D eigenvalue weighted by Crippen LogP contribution is 2.15. The van der Waals surface area contributed by atoms with Crippen molar-refractivity contribution in [2.45, 2.75) is 219 Å². The van der Waals surface area contributed by atoms with Crippen molar-refractivity contribution in [3.8, 4) is 0 Å². The van der Waals surface area contributed by atoms with Gasteiger partial charge in [-0.1, -0.05) is 181 Å². The van der Waals surface area contributed by atoms with Gasteiger partial charge in [-0.15, -0.1) is 0 Å². The van der Waals surface area contributed by atoms with Gasteiger partial charge in [0.15, 0.2) is 6.10 Å².